The zero-order valence-corrected chi connectivity index (χ0v) is 16.2. The highest BCUT2D eigenvalue weighted by Gasteiger charge is 2.09. The number of nitrogens with one attached hydrogen (secondary N) is 2. The van der Waals surface area contributed by atoms with E-state index in [-0.39, 0.29) is 24.5 Å². The van der Waals surface area contributed by atoms with Crippen LogP contribution in [-0.4, -0.2) is 30.2 Å². The maximum absolute atomic E-state index is 11.9. The van der Waals surface area contributed by atoms with Crippen LogP contribution < -0.4 is 15.5 Å². The van der Waals surface area contributed by atoms with Crippen molar-refractivity contribution in [3.63, 3.8) is 0 Å². The quantitative estimate of drug-likeness (QED) is 0.331. The van der Waals surface area contributed by atoms with Gasteiger partial charge in [0.25, 0.3) is 0 Å². The Hall–Kier alpha value is -2.62. The standard InChI is InChI=1S/C18H18IN3O4/c1-26-15-8-4-5-12(18(15)25)11-20-22-17(24)10-9-16(23)21-14-7-3-2-6-13(14)19/h2-8,11,25H,9-10H2,1H3,(H,21,23)(H,22,24). The number of rotatable bonds is 7. The SMILES string of the molecule is COc1cccc(C=NNC(=O)CCC(=O)Nc2ccccc2I)c1O. The lowest BCUT2D eigenvalue weighted by Gasteiger charge is -2.07. The van der Waals surface area contributed by atoms with Gasteiger partial charge in [-0.25, -0.2) is 5.43 Å². The minimum absolute atomic E-state index is 0.00329. The zero-order chi connectivity index (χ0) is 18.9. The first-order valence-corrected chi connectivity index (χ1v) is 8.81. The summed E-state index contributed by atoms with van der Waals surface area (Å²) in [7, 11) is 1.44. The molecule has 7 nitrogen and oxygen atoms in total. The topological polar surface area (TPSA) is 100 Å². The van der Waals surface area contributed by atoms with Crippen molar-refractivity contribution in [1.29, 1.82) is 0 Å². The van der Waals surface area contributed by atoms with Gasteiger partial charge in [0.05, 0.1) is 19.0 Å². The van der Waals surface area contributed by atoms with Gasteiger partial charge in [0, 0.05) is 22.0 Å². The number of hydrazone groups is 1. The number of hydrogen-bond acceptors (Lipinski definition) is 5. The number of nitrogens with zero attached hydrogens (tertiary/aromatic N) is 1. The molecule has 0 saturated carbocycles. The van der Waals surface area contributed by atoms with Gasteiger partial charge in [-0.2, -0.15) is 5.10 Å². The van der Waals surface area contributed by atoms with E-state index in [0.29, 0.717) is 17.0 Å². The molecule has 2 aromatic carbocycles. The third-order valence-electron chi connectivity index (χ3n) is 3.37. The predicted molar refractivity (Wildman–Crippen MR) is 107 cm³/mol. The molecule has 0 unspecified atom stereocenters. The molecule has 2 rings (SSSR count). The Morgan fingerprint density at radius 3 is 2.62 bits per heavy atom. The van der Waals surface area contributed by atoms with Gasteiger partial charge in [-0.05, 0) is 46.9 Å². The number of hydrogen-bond donors (Lipinski definition) is 3. The van der Waals surface area contributed by atoms with Gasteiger partial charge in [-0.3, -0.25) is 9.59 Å². The van der Waals surface area contributed by atoms with E-state index in [4.69, 9.17) is 4.74 Å². The monoisotopic (exact) mass is 467 g/mol. The molecule has 0 bridgehead atoms. The molecule has 3 N–H and O–H groups in total. The van der Waals surface area contributed by atoms with E-state index >= 15 is 0 Å². The van der Waals surface area contributed by atoms with E-state index in [0.717, 1.165) is 3.57 Å². The van der Waals surface area contributed by atoms with Gasteiger partial charge in [0.2, 0.25) is 11.8 Å². The maximum Gasteiger partial charge on any atom is 0.240 e. The summed E-state index contributed by atoms with van der Waals surface area (Å²) in [5, 5.41) is 16.4. The number of para-hydroxylation sites is 2. The van der Waals surface area contributed by atoms with Gasteiger partial charge in [-0.1, -0.05) is 18.2 Å². The first kappa shape index (κ1) is 19.7. The summed E-state index contributed by atoms with van der Waals surface area (Å²) < 4.78 is 5.91. The minimum atomic E-state index is -0.401. The lowest BCUT2D eigenvalue weighted by molar-refractivity contribution is -0.124. The molecule has 0 radical (unpaired) electrons. The summed E-state index contributed by atoms with van der Waals surface area (Å²) in [6.07, 6.45) is 1.34. The van der Waals surface area contributed by atoms with E-state index in [9.17, 15) is 14.7 Å². The van der Waals surface area contributed by atoms with Crippen molar-refractivity contribution >= 4 is 46.3 Å². The maximum atomic E-state index is 11.9. The first-order chi connectivity index (χ1) is 12.5. The Bertz CT molecular complexity index is 824. The van der Waals surface area contributed by atoms with E-state index in [1.165, 1.54) is 13.3 Å². The molecule has 0 aromatic heterocycles. The molecular formula is C18H18IN3O4. The molecule has 136 valence electrons. The number of ether oxygens (including phenoxy) is 1. The van der Waals surface area contributed by atoms with Crippen LogP contribution in [0.4, 0.5) is 5.69 Å². The number of methoxy groups -OCH3 is 1. The summed E-state index contributed by atoms with van der Waals surface area (Å²) in [4.78, 5) is 23.7. The van der Waals surface area contributed by atoms with Crippen molar-refractivity contribution < 1.29 is 19.4 Å². The zero-order valence-electron chi connectivity index (χ0n) is 14.0. The van der Waals surface area contributed by atoms with Crippen molar-refractivity contribution in [3.05, 3.63) is 51.6 Å². The van der Waals surface area contributed by atoms with Crippen LogP contribution in [0.15, 0.2) is 47.6 Å². The van der Waals surface area contributed by atoms with Crippen LogP contribution in [0.3, 0.4) is 0 Å². The fourth-order valence-electron chi connectivity index (χ4n) is 2.04. The summed E-state index contributed by atoms with van der Waals surface area (Å²) >= 11 is 2.12. The smallest absolute Gasteiger partial charge is 0.240 e. The Labute approximate surface area is 164 Å². The molecule has 0 heterocycles. The highest BCUT2D eigenvalue weighted by molar-refractivity contribution is 14.1. The molecule has 0 spiro atoms. The van der Waals surface area contributed by atoms with Crippen LogP contribution in [0.25, 0.3) is 0 Å². The van der Waals surface area contributed by atoms with E-state index in [2.05, 4.69) is 38.4 Å². The van der Waals surface area contributed by atoms with Crippen LogP contribution in [0.2, 0.25) is 0 Å². The molecule has 0 atom stereocenters. The van der Waals surface area contributed by atoms with Crippen LogP contribution in [-0.2, 0) is 9.59 Å². The lowest BCUT2D eigenvalue weighted by Crippen LogP contribution is -2.20. The largest absolute Gasteiger partial charge is 0.504 e. The molecule has 0 aliphatic heterocycles. The fourth-order valence-corrected chi connectivity index (χ4v) is 2.56. The molecule has 26 heavy (non-hydrogen) atoms. The van der Waals surface area contributed by atoms with Crippen molar-refractivity contribution in [3.8, 4) is 11.5 Å². The number of carbonyl (C=O) groups is 2. The highest BCUT2D eigenvalue weighted by Crippen LogP contribution is 2.27. The highest BCUT2D eigenvalue weighted by atomic mass is 127. The second-order valence-electron chi connectivity index (χ2n) is 5.22. The molecule has 8 heteroatoms. The van der Waals surface area contributed by atoms with Gasteiger partial charge < -0.3 is 15.2 Å². The average Bonchev–Trinajstić information content (AvgIpc) is 2.63. The first-order valence-electron chi connectivity index (χ1n) is 7.73. The van der Waals surface area contributed by atoms with Crippen LogP contribution >= 0.6 is 22.6 Å². The summed E-state index contributed by atoms with van der Waals surface area (Å²) in [5.41, 5.74) is 3.44. The van der Waals surface area contributed by atoms with Crippen LogP contribution in [0, 0.1) is 3.57 Å². The number of aromatic hydroxyl groups is 1. The Kier molecular flexibility index (Phi) is 7.39. The number of carbonyl (C=O) groups excluding carboxylic acids is 2. The molecule has 0 saturated heterocycles. The minimum Gasteiger partial charge on any atom is -0.504 e. The Morgan fingerprint density at radius 2 is 1.88 bits per heavy atom. The second-order valence-corrected chi connectivity index (χ2v) is 6.38. The fraction of sp³-hybridized carbons (Fsp3) is 0.167. The van der Waals surface area contributed by atoms with E-state index in [1.807, 2.05) is 18.2 Å². The number of halogens is 1. The summed E-state index contributed by atoms with van der Waals surface area (Å²) in [5.74, 6) is -0.405. The average molecular weight is 467 g/mol. The Balaban J connectivity index is 1.80. The van der Waals surface area contributed by atoms with E-state index < -0.39 is 5.91 Å². The number of anilines is 1. The van der Waals surface area contributed by atoms with Crippen molar-refractivity contribution in [2.24, 2.45) is 5.10 Å². The molecule has 0 aliphatic rings. The van der Waals surface area contributed by atoms with Crippen molar-refractivity contribution in [2.75, 3.05) is 12.4 Å². The van der Waals surface area contributed by atoms with Gasteiger partial charge >= 0.3 is 0 Å². The summed E-state index contributed by atoms with van der Waals surface area (Å²) in [6.45, 7) is 0. The summed E-state index contributed by atoms with van der Waals surface area (Å²) in [6, 6.07) is 12.3. The van der Waals surface area contributed by atoms with E-state index in [1.54, 1.807) is 24.3 Å². The van der Waals surface area contributed by atoms with Crippen LogP contribution in [0.5, 0.6) is 11.5 Å². The van der Waals surface area contributed by atoms with Crippen molar-refractivity contribution in [2.45, 2.75) is 12.8 Å². The molecule has 0 aliphatic carbocycles. The number of amides is 2. The van der Waals surface area contributed by atoms with Crippen molar-refractivity contribution in [1.82, 2.24) is 5.43 Å². The third-order valence-corrected chi connectivity index (χ3v) is 4.31. The molecule has 2 aromatic rings. The molecule has 2 amide bonds. The third kappa shape index (κ3) is 5.73. The number of benzene rings is 2. The van der Waals surface area contributed by atoms with Gasteiger partial charge in [-0.15, -0.1) is 0 Å². The normalized spacial score (nSPS) is 10.5. The van der Waals surface area contributed by atoms with Crippen LogP contribution in [0.1, 0.15) is 18.4 Å². The molecule has 0 fully saturated rings. The molecular weight excluding hydrogens is 449 g/mol. The lowest BCUT2D eigenvalue weighted by atomic mass is 10.2. The number of phenolic OH excluding ortho intramolecular Hbond substituents is 1. The van der Waals surface area contributed by atoms with Gasteiger partial charge in [0.15, 0.2) is 11.5 Å². The number of phenols is 1. The second kappa shape index (κ2) is 9.76. The predicted octanol–water partition coefficient (Wildman–Crippen LogP) is 2.87. The Morgan fingerprint density at radius 1 is 1.15 bits per heavy atom. The van der Waals surface area contributed by atoms with Gasteiger partial charge in [0.1, 0.15) is 0 Å².